The number of rotatable bonds is 6. The molecule has 0 atom stereocenters. The quantitative estimate of drug-likeness (QED) is 0.790. The first-order chi connectivity index (χ1) is 13.4. The SMILES string of the molecule is CCC1CCC(NC(=O)c2ccccc2S(=O)(=O)N(C)c2ccccc2)CC1. The van der Waals surface area contributed by atoms with E-state index >= 15 is 0 Å². The minimum absolute atomic E-state index is 0.0288. The molecule has 2 aromatic carbocycles. The molecule has 5 nitrogen and oxygen atoms in total. The molecule has 0 bridgehead atoms. The summed E-state index contributed by atoms with van der Waals surface area (Å²) in [5.74, 6) is 0.418. The van der Waals surface area contributed by atoms with Crippen molar-refractivity contribution < 1.29 is 13.2 Å². The first kappa shape index (κ1) is 20.4. The number of carbonyl (C=O) groups is 1. The first-order valence-electron chi connectivity index (χ1n) is 9.87. The standard InChI is InChI=1S/C22H28N2O3S/c1-3-17-13-15-18(16-14-17)23-22(25)20-11-7-8-12-21(20)28(26,27)24(2)19-9-5-4-6-10-19/h4-12,17-18H,3,13-16H2,1-2H3,(H,23,25). The van der Waals surface area contributed by atoms with Crippen LogP contribution in [0.15, 0.2) is 59.5 Å². The molecule has 3 rings (SSSR count). The van der Waals surface area contributed by atoms with Gasteiger partial charge >= 0.3 is 0 Å². The number of benzene rings is 2. The van der Waals surface area contributed by atoms with Crippen molar-refractivity contribution in [1.29, 1.82) is 0 Å². The molecule has 1 amide bonds. The molecule has 1 saturated carbocycles. The Kier molecular flexibility index (Phi) is 6.39. The highest BCUT2D eigenvalue weighted by atomic mass is 32.2. The van der Waals surface area contributed by atoms with Gasteiger partial charge in [-0.3, -0.25) is 9.10 Å². The number of nitrogens with one attached hydrogen (secondary N) is 1. The molecular formula is C22H28N2O3S. The van der Waals surface area contributed by atoms with E-state index < -0.39 is 10.0 Å². The summed E-state index contributed by atoms with van der Waals surface area (Å²) in [5.41, 5.74) is 0.749. The van der Waals surface area contributed by atoms with Crippen molar-refractivity contribution in [3.63, 3.8) is 0 Å². The molecule has 2 aromatic rings. The fourth-order valence-corrected chi connectivity index (χ4v) is 5.17. The maximum Gasteiger partial charge on any atom is 0.264 e. The number of nitrogens with zero attached hydrogens (tertiary/aromatic N) is 1. The van der Waals surface area contributed by atoms with Crippen LogP contribution in [0.4, 0.5) is 5.69 Å². The molecule has 0 saturated heterocycles. The van der Waals surface area contributed by atoms with E-state index in [4.69, 9.17) is 0 Å². The summed E-state index contributed by atoms with van der Waals surface area (Å²) in [5, 5.41) is 3.05. The molecule has 0 aromatic heterocycles. The third-order valence-electron chi connectivity index (χ3n) is 5.65. The number of amides is 1. The van der Waals surface area contributed by atoms with E-state index in [2.05, 4.69) is 12.2 Å². The lowest BCUT2D eigenvalue weighted by Crippen LogP contribution is -2.38. The third kappa shape index (κ3) is 4.38. The van der Waals surface area contributed by atoms with E-state index in [1.54, 1.807) is 42.5 Å². The number of sulfonamides is 1. The Balaban J connectivity index is 1.82. The molecule has 0 unspecified atom stereocenters. The first-order valence-corrected chi connectivity index (χ1v) is 11.3. The van der Waals surface area contributed by atoms with Gasteiger partial charge in [-0.25, -0.2) is 8.42 Å². The van der Waals surface area contributed by atoms with Crippen molar-refractivity contribution in [2.24, 2.45) is 5.92 Å². The third-order valence-corrected chi connectivity index (χ3v) is 7.49. The monoisotopic (exact) mass is 400 g/mol. The van der Waals surface area contributed by atoms with Gasteiger partial charge in [0.25, 0.3) is 15.9 Å². The van der Waals surface area contributed by atoms with Crippen molar-refractivity contribution >= 4 is 21.6 Å². The topological polar surface area (TPSA) is 66.5 Å². The van der Waals surface area contributed by atoms with E-state index in [0.29, 0.717) is 5.69 Å². The van der Waals surface area contributed by atoms with Crippen molar-refractivity contribution in [3.05, 3.63) is 60.2 Å². The highest BCUT2D eigenvalue weighted by molar-refractivity contribution is 7.92. The maximum atomic E-state index is 13.2. The van der Waals surface area contributed by atoms with Gasteiger partial charge in [-0.05, 0) is 55.9 Å². The van der Waals surface area contributed by atoms with Crippen molar-refractivity contribution in [1.82, 2.24) is 5.32 Å². The Labute approximate surface area is 167 Å². The van der Waals surface area contributed by atoms with Crippen LogP contribution in [-0.4, -0.2) is 27.4 Å². The molecule has 0 spiro atoms. The maximum absolute atomic E-state index is 13.2. The van der Waals surface area contributed by atoms with Crippen LogP contribution < -0.4 is 9.62 Å². The molecule has 1 fully saturated rings. The zero-order chi connectivity index (χ0) is 20.1. The average Bonchev–Trinajstić information content (AvgIpc) is 2.74. The minimum Gasteiger partial charge on any atom is -0.349 e. The van der Waals surface area contributed by atoms with Crippen LogP contribution in [0, 0.1) is 5.92 Å². The van der Waals surface area contributed by atoms with Gasteiger partial charge in [-0.2, -0.15) is 0 Å². The molecule has 0 heterocycles. The molecule has 1 N–H and O–H groups in total. The molecular weight excluding hydrogens is 372 g/mol. The minimum atomic E-state index is -3.85. The van der Waals surface area contributed by atoms with Gasteiger partial charge in [-0.1, -0.05) is 43.7 Å². The average molecular weight is 401 g/mol. The number of anilines is 1. The zero-order valence-corrected chi connectivity index (χ0v) is 17.3. The predicted molar refractivity (Wildman–Crippen MR) is 112 cm³/mol. The van der Waals surface area contributed by atoms with Crippen LogP contribution in [0.2, 0.25) is 0 Å². The van der Waals surface area contributed by atoms with Crippen molar-refractivity contribution in [3.8, 4) is 0 Å². The van der Waals surface area contributed by atoms with E-state index in [0.717, 1.165) is 31.6 Å². The molecule has 0 aliphatic heterocycles. The Morgan fingerprint density at radius 2 is 1.61 bits per heavy atom. The predicted octanol–water partition coefficient (Wildman–Crippen LogP) is 4.21. The second-order valence-electron chi connectivity index (χ2n) is 7.40. The van der Waals surface area contributed by atoms with Crippen LogP contribution in [0.5, 0.6) is 0 Å². The number of hydrogen-bond donors (Lipinski definition) is 1. The van der Waals surface area contributed by atoms with E-state index in [-0.39, 0.29) is 22.4 Å². The second-order valence-corrected chi connectivity index (χ2v) is 9.34. The van der Waals surface area contributed by atoms with E-state index in [9.17, 15) is 13.2 Å². The van der Waals surface area contributed by atoms with Gasteiger partial charge in [0.15, 0.2) is 0 Å². The summed E-state index contributed by atoms with van der Waals surface area (Å²) < 4.78 is 27.6. The highest BCUT2D eigenvalue weighted by Gasteiger charge is 2.28. The van der Waals surface area contributed by atoms with Gasteiger partial charge < -0.3 is 5.32 Å². The van der Waals surface area contributed by atoms with Crippen molar-refractivity contribution in [2.45, 2.75) is 50.0 Å². The molecule has 28 heavy (non-hydrogen) atoms. The molecule has 1 aliphatic carbocycles. The van der Waals surface area contributed by atoms with Crippen molar-refractivity contribution in [2.75, 3.05) is 11.4 Å². The lowest BCUT2D eigenvalue weighted by atomic mass is 9.84. The Morgan fingerprint density at radius 1 is 1.00 bits per heavy atom. The fraction of sp³-hybridized carbons (Fsp3) is 0.409. The van der Waals surface area contributed by atoms with Gasteiger partial charge in [0, 0.05) is 13.1 Å². The second kappa shape index (κ2) is 8.78. The van der Waals surface area contributed by atoms with Crippen LogP contribution in [-0.2, 0) is 10.0 Å². The largest absolute Gasteiger partial charge is 0.349 e. The number of para-hydroxylation sites is 1. The summed E-state index contributed by atoms with van der Waals surface area (Å²) in [6.45, 7) is 2.20. The summed E-state index contributed by atoms with van der Waals surface area (Å²) in [6, 6.07) is 15.4. The van der Waals surface area contributed by atoms with Gasteiger partial charge in [0.2, 0.25) is 0 Å². The Morgan fingerprint density at radius 3 is 2.25 bits per heavy atom. The van der Waals surface area contributed by atoms with Gasteiger partial charge in [0.1, 0.15) is 4.90 Å². The summed E-state index contributed by atoms with van der Waals surface area (Å²) in [7, 11) is -2.34. The lowest BCUT2D eigenvalue weighted by molar-refractivity contribution is 0.0918. The summed E-state index contributed by atoms with van der Waals surface area (Å²) in [6.07, 6.45) is 5.29. The van der Waals surface area contributed by atoms with Crippen LogP contribution in [0.1, 0.15) is 49.4 Å². The van der Waals surface area contributed by atoms with E-state index in [1.807, 2.05) is 6.07 Å². The lowest BCUT2D eigenvalue weighted by Gasteiger charge is -2.28. The molecule has 6 heteroatoms. The van der Waals surface area contributed by atoms with E-state index in [1.165, 1.54) is 23.8 Å². The molecule has 150 valence electrons. The normalized spacial score (nSPS) is 19.8. The van der Waals surface area contributed by atoms with Gasteiger partial charge in [-0.15, -0.1) is 0 Å². The number of hydrogen-bond acceptors (Lipinski definition) is 3. The molecule has 1 aliphatic rings. The zero-order valence-electron chi connectivity index (χ0n) is 16.5. The Hall–Kier alpha value is -2.34. The molecule has 0 radical (unpaired) electrons. The van der Waals surface area contributed by atoms with Crippen LogP contribution in [0.3, 0.4) is 0 Å². The highest BCUT2D eigenvalue weighted by Crippen LogP contribution is 2.28. The van der Waals surface area contributed by atoms with Crippen LogP contribution in [0.25, 0.3) is 0 Å². The Bertz CT molecular complexity index is 904. The smallest absolute Gasteiger partial charge is 0.264 e. The number of carbonyl (C=O) groups excluding carboxylic acids is 1. The van der Waals surface area contributed by atoms with Gasteiger partial charge in [0.05, 0.1) is 11.3 Å². The summed E-state index contributed by atoms with van der Waals surface area (Å²) in [4.78, 5) is 12.9. The fourth-order valence-electron chi connectivity index (χ4n) is 3.78. The van der Waals surface area contributed by atoms with Crippen LogP contribution >= 0.6 is 0 Å². The summed E-state index contributed by atoms with van der Waals surface area (Å²) >= 11 is 0.